The fraction of sp³-hybridized carbons (Fsp3) is 0.417. The van der Waals surface area contributed by atoms with Crippen LogP contribution in [0.15, 0.2) is 21.4 Å². The van der Waals surface area contributed by atoms with Crippen LogP contribution in [0.2, 0.25) is 0 Å². The van der Waals surface area contributed by atoms with E-state index >= 15 is 0 Å². The molecule has 0 spiro atoms. The maximum atomic E-state index is 4.34. The van der Waals surface area contributed by atoms with Gasteiger partial charge in [0.2, 0.25) is 0 Å². The van der Waals surface area contributed by atoms with E-state index in [0.29, 0.717) is 6.04 Å². The van der Waals surface area contributed by atoms with Gasteiger partial charge in [0.25, 0.3) is 0 Å². The van der Waals surface area contributed by atoms with Gasteiger partial charge in [-0.3, -0.25) is 0 Å². The van der Waals surface area contributed by atoms with Crippen LogP contribution in [0.5, 0.6) is 0 Å². The number of hydrogen-bond acceptors (Lipinski definition) is 4. The Kier molecular flexibility index (Phi) is 4.73. The summed E-state index contributed by atoms with van der Waals surface area (Å²) >= 11 is 7.05. The number of likely N-dealkylation sites (N-methyl/N-ethyl adjacent to an activating group) is 1. The predicted octanol–water partition coefficient (Wildman–Crippen LogP) is 4.17. The minimum absolute atomic E-state index is 0.387. The molecule has 0 aromatic carbocycles. The molecular weight excluding hydrogens is 316 g/mol. The second-order valence-electron chi connectivity index (χ2n) is 3.85. The van der Waals surface area contributed by atoms with Crippen LogP contribution < -0.4 is 5.32 Å². The molecule has 0 saturated carbocycles. The molecule has 0 amide bonds. The van der Waals surface area contributed by atoms with Gasteiger partial charge in [0.1, 0.15) is 0 Å². The number of rotatable bonds is 5. The van der Waals surface area contributed by atoms with Gasteiger partial charge >= 0.3 is 0 Å². The van der Waals surface area contributed by atoms with Gasteiger partial charge in [0.15, 0.2) is 0 Å². The van der Waals surface area contributed by atoms with E-state index in [0.717, 1.165) is 18.7 Å². The van der Waals surface area contributed by atoms with Crippen LogP contribution in [0.3, 0.4) is 0 Å². The quantitative estimate of drug-likeness (QED) is 0.889. The Balaban J connectivity index is 2.15. The summed E-state index contributed by atoms with van der Waals surface area (Å²) < 4.78 is 1.17. The number of halogens is 1. The number of nitrogens with zero attached hydrogens (tertiary/aromatic N) is 1. The lowest BCUT2D eigenvalue weighted by Crippen LogP contribution is -2.22. The molecule has 0 aliphatic carbocycles. The number of aromatic nitrogens is 1. The van der Waals surface area contributed by atoms with Crippen molar-refractivity contribution in [1.29, 1.82) is 0 Å². The Morgan fingerprint density at radius 2 is 2.29 bits per heavy atom. The summed E-state index contributed by atoms with van der Waals surface area (Å²) in [5.74, 6) is 0. The molecule has 2 heterocycles. The molecule has 2 nitrogen and oxygen atoms in total. The molecule has 17 heavy (non-hydrogen) atoms. The molecule has 1 atom stereocenters. The maximum absolute atomic E-state index is 4.34. The van der Waals surface area contributed by atoms with Crippen molar-refractivity contribution in [2.75, 3.05) is 6.54 Å². The lowest BCUT2D eigenvalue weighted by molar-refractivity contribution is 0.558. The van der Waals surface area contributed by atoms with E-state index in [1.165, 1.54) is 14.2 Å². The number of thiazole rings is 1. The third-order valence-electron chi connectivity index (χ3n) is 2.58. The molecular formula is C12H15BrN2S2. The van der Waals surface area contributed by atoms with E-state index in [-0.39, 0.29) is 0 Å². The molecule has 0 saturated heterocycles. The van der Waals surface area contributed by atoms with Crippen LogP contribution in [0.1, 0.15) is 28.4 Å². The van der Waals surface area contributed by atoms with Crippen molar-refractivity contribution in [3.63, 3.8) is 0 Å². The number of hydrogen-bond donors (Lipinski definition) is 1. The van der Waals surface area contributed by atoms with Crippen LogP contribution in [-0.2, 0) is 6.42 Å². The maximum Gasteiger partial charge on any atom is 0.0798 e. The van der Waals surface area contributed by atoms with Gasteiger partial charge in [-0.2, -0.15) is 0 Å². The first-order valence-electron chi connectivity index (χ1n) is 5.57. The number of aryl methyl sites for hydroxylation is 1. The average Bonchev–Trinajstić information content (AvgIpc) is 2.87. The SMILES string of the molecule is CCNC(Cc1cc(Br)cs1)c1scnc1C. The van der Waals surface area contributed by atoms with Crippen molar-refractivity contribution in [3.8, 4) is 0 Å². The van der Waals surface area contributed by atoms with E-state index in [9.17, 15) is 0 Å². The summed E-state index contributed by atoms with van der Waals surface area (Å²) in [6.45, 7) is 5.21. The summed E-state index contributed by atoms with van der Waals surface area (Å²) in [6, 6.07) is 2.59. The Morgan fingerprint density at radius 1 is 1.47 bits per heavy atom. The van der Waals surface area contributed by atoms with Crippen molar-refractivity contribution >= 4 is 38.6 Å². The third-order valence-corrected chi connectivity index (χ3v) is 5.34. The zero-order valence-electron chi connectivity index (χ0n) is 9.87. The molecule has 0 aliphatic rings. The van der Waals surface area contributed by atoms with Gasteiger partial charge in [-0.1, -0.05) is 6.92 Å². The van der Waals surface area contributed by atoms with Crippen LogP contribution in [0.25, 0.3) is 0 Å². The zero-order valence-corrected chi connectivity index (χ0v) is 13.1. The monoisotopic (exact) mass is 330 g/mol. The Hall–Kier alpha value is -0.230. The van der Waals surface area contributed by atoms with Crippen molar-refractivity contribution in [2.24, 2.45) is 0 Å². The van der Waals surface area contributed by atoms with E-state index in [4.69, 9.17) is 0 Å². The van der Waals surface area contributed by atoms with E-state index < -0.39 is 0 Å². The summed E-state index contributed by atoms with van der Waals surface area (Å²) in [7, 11) is 0. The normalized spacial score (nSPS) is 12.9. The zero-order chi connectivity index (χ0) is 12.3. The predicted molar refractivity (Wildman–Crippen MR) is 79.0 cm³/mol. The fourth-order valence-electron chi connectivity index (χ4n) is 1.81. The fourth-order valence-corrected chi connectivity index (χ4v) is 4.19. The molecule has 0 radical (unpaired) electrons. The largest absolute Gasteiger partial charge is 0.309 e. The first kappa shape index (κ1) is 13.2. The molecule has 2 rings (SSSR count). The number of nitrogens with one attached hydrogen (secondary N) is 1. The standard InChI is InChI=1S/C12H15BrN2S2/c1-3-14-11(12-8(2)15-7-17-12)5-10-4-9(13)6-16-10/h4,6-7,11,14H,3,5H2,1-2H3. The minimum Gasteiger partial charge on any atom is -0.309 e. The van der Waals surface area contributed by atoms with E-state index in [1.807, 2.05) is 5.51 Å². The molecule has 0 bridgehead atoms. The van der Waals surface area contributed by atoms with Crippen molar-refractivity contribution in [2.45, 2.75) is 26.3 Å². The van der Waals surface area contributed by atoms with Crippen LogP contribution in [-0.4, -0.2) is 11.5 Å². The first-order valence-corrected chi connectivity index (χ1v) is 8.12. The van der Waals surface area contributed by atoms with E-state index in [2.05, 4.69) is 51.5 Å². The summed E-state index contributed by atoms with van der Waals surface area (Å²) in [5, 5.41) is 5.68. The Bertz CT molecular complexity index is 478. The summed E-state index contributed by atoms with van der Waals surface area (Å²) in [6.07, 6.45) is 1.03. The minimum atomic E-state index is 0.387. The molecule has 1 N–H and O–H groups in total. The Labute approximate surface area is 118 Å². The van der Waals surface area contributed by atoms with Crippen molar-refractivity contribution in [3.05, 3.63) is 36.9 Å². The number of thiophene rings is 1. The van der Waals surface area contributed by atoms with Crippen LogP contribution in [0.4, 0.5) is 0 Å². The molecule has 2 aromatic rings. The Morgan fingerprint density at radius 3 is 2.82 bits per heavy atom. The van der Waals surface area contributed by atoms with Gasteiger partial charge in [-0.05, 0) is 35.5 Å². The topological polar surface area (TPSA) is 24.9 Å². The van der Waals surface area contributed by atoms with Gasteiger partial charge < -0.3 is 5.32 Å². The summed E-state index contributed by atoms with van der Waals surface area (Å²) in [4.78, 5) is 7.10. The molecule has 92 valence electrons. The molecule has 0 aliphatic heterocycles. The second kappa shape index (κ2) is 6.09. The summed E-state index contributed by atoms with van der Waals surface area (Å²) in [5.41, 5.74) is 3.08. The smallest absolute Gasteiger partial charge is 0.0798 e. The second-order valence-corrected chi connectivity index (χ2v) is 6.65. The molecule has 5 heteroatoms. The lowest BCUT2D eigenvalue weighted by Gasteiger charge is -2.16. The third kappa shape index (κ3) is 3.37. The molecule has 1 unspecified atom stereocenters. The van der Waals surface area contributed by atoms with Gasteiger partial charge in [0.05, 0.1) is 11.2 Å². The highest BCUT2D eigenvalue weighted by Gasteiger charge is 2.16. The van der Waals surface area contributed by atoms with Crippen LogP contribution >= 0.6 is 38.6 Å². The first-order chi connectivity index (χ1) is 8.20. The highest BCUT2D eigenvalue weighted by atomic mass is 79.9. The van der Waals surface area contributed by atoms with Crippen molar-refractivity contribution < 1.29 is 0 Å². The van der Waals surface area contributed by atoms with Crippen molar-refractivity contribution in [1.82, 2.24) is 10.3 Å². The highest BCUT2D eigenvalue weighted by molar-refractivity contribution is 9.10. The lowest BCUT2D eigenvalue weighted by atomic mass is 10.1. The molecule has 0 fully saturated rings. The van der Waals surface area contributed by atoms with Crippen LogP contribution in [0, 0.1) is 6.92 Å². The van der Waals surface area contributed by atoms with Gasteiger partial charge in [-0.15, -0.1) is 22.7 Å². The average molecular weight is 331 g/mol. The highest BCUT2D eigenvalue weighted by Crippen LogP contribution is 2.28. The van der Waals surface area contributed by atoms with Gasteiger partial charge in [-0.25, -0.2) is 4.98 Å². The van der Waals surface area contributed by atoms with Gasteiger partial charge in [0, 0.05) is 32.1 Å². The molecule has 2 aromatic heterocycles. The van der Waals surface area contributed by atoms with E-state index in [1.54, 1.807) is 22.7 Å².